The second-order valence-electron chi connectivity index (χ2n) is 5.46. The summed E-state index contributed by atoms with van der Waals surface area (Å²) in [6, 6.07) is 0.470. The Morgan fingerprint density at radius 2 is 2.00 bits per heavy atom. The monoisotopic (exact) mass is 267 g/mol. The topological polar surface area (TPSA) is 52.7 Å². The third-order valence-electron chi connectivity index (χ3n) is 3.99. The molecule has 0 radical (unpaired) electrons. The highest BCUT2D eigenvalue weighted by Gasteiger charge is 2.34. The normalized spacial score (nSPS) is 23.6. The molecule has 2 aliphatic rings. The molecule has 0 spiro atoms. The Bertz CT molecular complexity index is 338. The van der Waals surface area contributed by atoms with Crippen LogP contribution in [0.15, 0.2) is 0 Å². The van der Waals surface area contributed by atoms with Gasteiger partial charge < -0.3 is 15.1 Å². The van der Waals surface area contributed by atoms with Gasteiger partial charge in [0.1, 0.15) is 0 Å². The van der Waals surface area contributed by atoms with Crippen LogP contribution in [0.2, 0.25) is 0 Å². The lowest BCUT2D eigenvalue weighted by Crippen LogP contribution is -2.54. The zero-order valence-corrected chi connectivity index (χ0v) is 12.0. The molecule has 2 fully saturated rings. The molecule has 5 heteroatoms. The minimum absolute atomic E-state index is 0.0606. The van der Waals surface area contributed by atoms with Crippen LogP contribution in [0.1, 0.15) is 39.5 Å². The van der Waals surface area contributed by atoms with Gasteiger partial charge in [-0.05, 0) is 39.5 Å². The van der Waals surface area contributed by atoms with Crippen molar-refractivity contribution in [1.29, 1.82) is 0 Å². The van der Waals surface area contributed by atoms with Crippen LogP contribution in [-0.4, -0.2) is 59.9 Å². The molecule has 2 amide bonds. The number of nitrogens with one attached hydrogen (secondary N) is 1. The fraction of sp³-hybridized carbons (Fsp3) is 0.857. The highest BCUT2D eigenvalue weighted by Crippen LogP contribution is 2.22. The standard InChI is InChI=1S/C14H25N3O2/c1-3-16(4-2)13(18)10-17-9-5-6-12(14(17)19)15-11-7-8-11/h11-12,15H,3-10H2,1-2H3. The zero-order chi connectivity index (χ0) is 13.8. The SMILES string of the molecule is CCN(CC)C(=O)CN1CCCC(NC2CC2)C1=O. The Morgan fingerprint density at radius 1 is 1.32 bits per heavy atom. The second-order valence-corrected chi connectivity index (χ2v) is 5.46. The molecule has 19 heavy (non-hydrogen) atoms. The Hall–Kier alpha value is -1.10. The number of hydrogen-bond acceptors (Lipinski definition) is 3. The molecule has 1 N–H and O–H groups in total. The van der Waals surface area contributed by atoms with E-state index in [1.807, 2.05) is 13.8 Å². The average molecular weight is 267 g/mol. The number of likely N-dealkylation sites (N-methyl/N-ethyl adjacent to an activating group) is 1. The van der Waals surface area contributed by atoms with Crippen molar-refractivity contribution in [3.05, 3.63) is 0 Å². The van der Waals surface area contributed by atoms with Gasteiger partial charge >= 0.3 is 0 Å². The van der Waals surface area contributed by atoms with Gasteiger partial charge in [-0.3, -0.25) is 9.59 Å². The molecule has 1 saturated carbocycles. The van der Waals surface area contributed by atoms with E-state index in [-0.39, 0.29) is 24.4 Å². The molecule has 0 bridgehead atoms. The van der Waals surface area contributed by atoms with Crippen molar-refractivity contribution in [2.75, 3.05) is 26.2 Å². The predicted octanol–water partition coefficient (Wildman–Crippen LogP) is 0.598. The van der Waals surface area contributed by atoms with Crippen LogP contribution >= 0.6 is 0 Å². The smallest absolute Gasteiger partial charge is 0.242 e. The van der Waals surface area contributed by atoms with Gasteiger partial charge in [0, 0.05) is 25.7 Å². The summed E-state index contributed by atoms with van der Waals surface area (Å²) in [5, 5.41) is 3.39. The summed E-state index contributed by atoms with van der Waals surface area (Å²) in [6.07, 6.45) is 4.26. The lowest BCUT2D eigenvalue weighted by atomic mass is 10.0. The van der Waals surface area contributed by atoms with Gasteiger partial charge in [-0.1, -0.05) is 0 Å². The van der Waals surface area contributed by atoms with Crippen molar-refractivity contribution in [1.82, 2.24) is 15.1 Å². The highest BCUT2D eigenvalue weighted by atomic mass is 16.2. The van der Waals surface area contributed by atoms with Crippen LogP contribution in [-0.2, 0) is 9.59 Å². The van der Waals surface area contributed by atoms with Gasteiger partial charge in [0.05, 0.1) is 12.6 Å². The van der Waals surface area contributed by atoms with E-state index in [9.17, 15) is 9.59 Å². The Kier molecular flexibility index (Phi) is 4.80. The molecule has 1 aliphatic heterocycles. The highest BCUT2D eigenvalue weighted by molar-refractivity contribution is 5.88. The zero-order valence-electron chi connectivity index (χ0n) is 12.0. The first-order chi connectivity index (χ1) is 9.15. The molecule has 5 nitrogen and oxygen atoms in total. The maximum atomic E-state index is 12.3. The average Bonchev–Trinajstić information content (AvgIpc) is 3.20. The summed E-state index contributed by atoms with van der Waals surface area (Å²) < 4.78 is 0. The van der Waals surface area contributed by atoms with E-state index in [1.165, 1.54) is 12.8 Å². The maximum Gasteiger partial charge on any atom is 0.242 e. The second kappa shape index (κ2) is 6.37. The summed E-state index contributed by atoms with van der Waals surface area (Å²) in [4.78, 5) is 27.9. The Labute approximate surface area is 115 Å². The van der Waals surface area contributed by atoms with Crippen LogP contribution < -0.4 is 5.32 Å². The van der Waals surface area contributed by atoms with Crippen molar-refractivity contribution >= 4 is 11.8 Å². The lowest BCUT2D eigenvalue weighted by Gasteiger charge is -2.33. The van der Waals surface area contributed by atoms with Crippen molar-refractivity contribution < 1.29 is 9.59 Å². The fourth-order valence-corrected chi connectivity index (χ4v) is 2.63. The molecule has 2 rings (SSSR count). The number of carbonyl (C=O) groups is 2. The first kappa shape index (κ1) is 14.3. The van der Waals surface area contributed by atoms with Crippen LogP contribution in [0.25, 0.3) is 0 Å². The van der Waals surface area contributed by atoms with Gasteiger partial charge in [0.15, 0.2) is 0 Å². The molecule has 0 aromatic rings. The number of carbonyl (C=O) groups excluding carboxylic acids is 2. The minimum Gasteiger partial charge on any atom is -0.342 e. The molecular weight excluding hydrogens is 242 g/mol. The number of piperidine rings is 1. The summed E-state index contributed by atoms with van der Waals surface area (Å²) >= 11 is 0. The van der Waals surface area contributed by atoms with E-state index in [2.05, 4.69) is 5.32 Å². The van der Waals surface area contributed by atoms with Crippen molar-refractivity contribution in [3.8, 4) is 0 Å². The van der Waals surface area contributed by atoms with Gasteiger partial charge in [-0.2, -0.15) is 0 Å². The van der Waals surface area contributed by atoms with E-state index in [0.29, 0.717) is 25.7 Å². The van der Waals surface area contributed by atoms with Gasteiger partial charge in [0.2, 0.25) is 11.8 Å². The molecule has 1 aliphatic carbocycles. The molecule has 108 valence electrons. The number of rotatable bonds is 6. The third-order valence-corrected chi connectivity index (χ3v) is 3.99. The number of amides is 2. The fourth-order valence-electron chi connectivity index (χ4n) is 2.63. The van der Waals surface area contributed by atoms with E-state index in [1.54, 1.807) is 9.80 Å². The quantitative estimate of drug-likeness (QED) is 0.766. The molecule has 0 aromatic carbocycles. The predicted molar refractivity (Wildman–Crippen MR) is 73.7 cm³/mol. The Morgan fingerprint density at radius 3 is 2.58 bits per heavy atom. The largest absolute Gasteiger partial charge is 0.342 e. The van der Waals surface area contributed by atoms with E-state index in [4.69, 9.17) is 0 Å². The van der Waals surface area contributed by atoms with Crippen LogP contribution in [0, 0.1) is 0 Å². The van der Waals surface area contributed by atoms with Crippen LogP contribution in [0.3, 0.4) is 0 Å². The number of hydrogen-bond donors (Lipinski definition) is 1. The van der Waals surface area contributed by atoms with Crippen molar-refractivity contribution in [3.63, 3.8) is 0 Å². The summed E-state index contributed by atoms with van der Waals surface area (Å²) in [5.41, 5.74) is 0. The Balaban J connectivity index is 1.87. The van der Waals surface area contributed by atoms with E-state index in [0.717, 1.165) is 12.8 Å². The molecule has 0 aromatic heterocycles. The van der Waals surface area contributed by atoms with Crippen LogP contribution in [0.5, 0.6) is 0 Å². The number of nitrogens with zero attached hydrogens (tertiary/aromatic N) is 2. The summed E-state index contributed by atoms with van der Waals surface area (Å²) in [7, 11) is 0. The molecule has 1 unspecified atom stereocenters. The lowest BCUT2D eigenvalue weighted by molar-refractivity contribution is -0.143. The van der Waals surface area contributed by atoms with E-state index >= 15 is 0 Å². The van der Waals surface area contributed by atoms with E-state index < -0.39 is 0 Å². The van der Waals surface area contributed by atoms with Gasteiger partial charge in [-0.15, -0.1) is 0 Å². The van der Waals surface area contributed by atoms with Crippen LogP contribution in [0.4, 0.5) is 0 Å². The van der Waals surface area contributed by atoms with Crippen molar-refractivity contribution in [2.24, 2.45) is 0 Å². The van der Waals surface area contributed by atoms with Gasteiger partial charge in [0.25, 0.3) is 0 Å². The van der Waals surface area contributed by atoms with Crippen molar-refractivity contribution in [2.45, 2.75) is 51.6 Å². The first-order valence-electron chi connectivity index (χ1n) is 7.48. The first-order valence-corrected chi connectivity index (χ1v) is 7.48. The molecule has 1 atom stereocenters. The maximum absolute atomic E-state index is 12.3. The summed E-state index contributed by atoms with van der Waals surface area (Å²) in [5.74, 6) is 0.170. The molecule has 1 heterocycles. The summed E-state index contributed by atoms with van der Waals surface area (Å²) in [6.45, 7) is 6.31. The number of likely N-dealkylation sites (tertiary alicyclic amines) is 1. The molecular formula is C14H25N3O2. The third kappa shape index (κ3) is 3.69. The minimum atomic E-state index is -0.0641. The molecule has 1 saturated heterocycles. The van der Waals surface area contributed by atoms with Gasteiger partial charge in [-0.25, -0.2) is 0 Å².